The van der Waals surface area contributed by atoms with Gasteiger partial charge in [0.1, 0.15) is 0 Å². The Balaban J connectivity index is 1.88. The third-order valence-electron chi connectivity index (χ3n) is 4.47. The third kappa shape index (κ3) is 3.19. The highest BCUT2D eigenvalue weighted by atomic mass is 14.8. The van der Waals surface area contributed by atoms with Gasteiger partial charge in [-0.15, -0.1) is 0 Å². The molecular weight excluding hydrogens is 254 g/mol. The minimum atomic E-state index is 0.964. The van der Waals surface area contributed by atoms with Gasteiger partial charge in [0.05, 0.1) is 0 Å². The van der Waals surface area contributed by atoms with E-state index in [9.17, 15) is 0 Å². The van der Waals surface area contributed by atoms with Gasteiger partial charge in [-0.3, -0.25) is 0 Å². The number of fused-ring (bicyclic) bond motifs is 1. The van der Waals surface area contributed by atoms with E-state index in [2.05, 4.69) is 55.6 Å². The first-order valence-electron chi connectivity index (χ1n) is 8.20. The maximum Gasteiger partial charge on any atom is 0.0205 e. The molecule has 1 aliphatic rings. The minimum Gasteiger partial charge on any atom is -0.313 e. The largest absolute Gasteiger partial charge is 0.313 e. The van der Waals surface area contributed by atoms with Crippen molar-refractivity contribution in [3.8, 4) is 11.1 Å². The molecular formula is C20H25N. The summed E-state index contributed by atoms with van der Waals surface area (Å²) in [4.78, 5) is 0. The molecule has 0 saturated carbocycles. The highest BCUT2D eigenvalue weighted by Gasteiger charge is 2.12. The van der Waals surface area contributed by atoms with Gasteiger partial charge >= 0.3 is 0 Å². The van der Waals surface area contributed by atoms with Crippen molar-refractivity contribution in [3.63, 3.8) is 0 Å². The van der Waals surface area contributed by atoms with Gasteiger partial charge in [0, 0.05) is 6.54 Å². The van der Waals surface area contributed by atoms with Crippen LogP contribution in [0.15, 0.2) is 36.4 Å². The van der Waals surface area contributed by atoms with Crippen molar-refractivity contribution in [2.45, 2.75) is 46.1 Å². The number of rotatable bonds is 5. The lowest BCUT2D eigenvalue weighted by atomic mass is 9.95. The van der Waals surface area contributed by atoms with Crippen LogP contribution in [-0.4, -0.2) is 6.54 Å². The zero-order valence-corrected chi connectivity index (χ0v) is 13.2. The Kier molecular flexibility index (Phi) is 4.40. The number of nitrogens with one attached hydrogen (secondary N) is 1. The molecule has 1 aliphatic carbocycles. The fraction of sp³-hybridized carbons (Fsp3) is 0.400. The van der Waals surface area contributed by atoms with E-state index in [1.54, 1.807) is 11.1 Å². The van der Waals surface area contributed by atoms with Gasteiger partial charge in [-0.2, -0.15) is 0 Å². The normalized spacial score (nSPS) is 13.4. The van der Waals surface area contributed by atoms with Crippen molar-refractivity contribution in [2.24, 2.45) is 0 Å². The Morgan fingerprint density at radius 2 is 1.86 bits per heavy atom. The third-order valence-corrected chi connectivity index (χ3v) is 4.47. The van der Waals surface area contributed by atoms with Crippen LogP contribution in [0.4, 0.5) is 0 Å². The molecule has 0 saturated heterocycles. The molecule has 0 heterocycles. The molecule has 0 bridgehead atoms. The van der Waals surface area contributed by atoms with Crippen molar-refractivity contribution < 1.29 is 0 Å². The van der Waals surface area contributed by atoms with Gasteiger partial charge in [-0.25, -0.2) is 0 Å². The molecule has 0 aromatic heterocycles. The molecule has 0 fully saturated rings. The Morgan fingerprint density at radius 1 is 1.00 bits per heavy atom. The Labute approximate surface area is 128 Å². The predicted molar refractivity (Wildman–Crippen MR) is 90.6 cm³/mol. The number of hydrogen-bond donors (Lipinski definition) is 1. The summed E-state index contributed by atoms with van der Waals surface area (Å²) in [7, 11) is 0. The van der Waals surface area contributed by atoms with Crippen LogP contribution in [-0.2, 0) is 19.4 Å². The van der Waals surface area contributed by atoms with Gasteiger partial charge in [0.25, 0.3) is 0 Å². The summed E-state index contributed by atoms with van der Waals surface area (Å²) in [5.74, 6) is 0. The molecule has 3 rings (SSSR count). The van der Waals surface area contributed by atoms with E-state index in [4.69, 9.17) is 0 Å². The summed E-state index contributed by atoms with van der Waals surface area (Å²) in [5.41, 5.74) is 8.63. The highest BCUT2D eigenvalue weighted by Crippen LogP contribution is 2.30. The SMILES string of the molecule is CCCNCc1ccc(C)c(-c2ccc3c(c2)CCC3)c1. The maximum absolute atomic E-state index is 3.49. The van der Waals surface area contributed by atoms with Crippen LogP contribution in [0.1, 0.15) is 42.0 Å². The lowest BCUT2D eigenvalue weighted by Crippen LogP contribution is -2.13. The first-order chi connectivity index (χ1) is 10.3. The molecule has 2 aromatic carbocycles. The fourth-order valence-electron chi connectivity index (χ4n) is 3.24. The van der Waals surface area contributed by atoms with E-state index in [1.165, 1.54) is 47.9 Å². The average Bonchev–Trinajstić information content (AvgIpc) is 2.96. The lowest BCUT2D eigenvalue weighted by Gasteiger charge is -2.11. The summed E-state index contributed by atoms with van der Waals surface area (Å²) in [6, 6.07) is 13.9. The summed E-state index contributed by atoms with van der Waals surface area (Å²) >= 11 is 0. The maximum atomic E-state index is 3.49. The molecule has 21 heavy (non-hydrogen) atoms. The second-order valence-electron chi connectivity index (χ2n) is 6.16. The fourth-order valence-corrected chi connectivity index (χ4v) is 3.24. The zero-order chi connectivity index (χ0) is 14.7. The molecule has 110 valence electrons. The second-order valence-corrected chi connectivity index (χ2v) is 6.16. The van der Waals surface area contributed by atoms with Crippen molar-refractivity contribution in [2.75, 3.05) is 6.54 Å². The van der Waals surface area contributed by atoms with Gasteiger partial charge < -0.3 is 5.32 Å². The molecule has 0 spiro atoms. The van der Waals surface area contributed by atoms with Crippen LogP contribution in [0, 0.1) is 6.92 Å². The van der Waals surface area contributed by atoms with Crippen LogP contribution in [0.2, 0.25) is 0 Å². The summed E-state index contributed by atoms with van der Waals surface area (Å²) in [6.45, 7) is 6.47. The lowest BCUT2D eigenvalue weighted by molar-refractivity contribution is 0.675. The first-order valence-corrected chi connectivity index (χ1v) is 8.20. The van der Waals surface area contributed by atoms with Crippen LogP contribution in [0.25, 0.3) is 11.1 Å². The minimum absolute atomic E-state index is 0.964. The van der Waals surface area contributed by atoms with Crippen molar-refractivity contribution >= 4 is 0 Å². The Morgan fingerprint density at radius 3 is 2.71 bits per heavy atom. The molecule has 0 aliphatic heterocycles. The number of hydrogen-bond acceptors (Lipinski definition) is 1. The van der Waals surface area contributed by atoms with Crippen LogP contribution >= 0.6 is 0 Å². The van der Waals surface area contributed by atoms with Gasteiger partial charge in [0.15, 0.2) is 0 Å². The molecule has 1 N–H and O–H groups in total. The van der Waals surface area contributed by atoms with E-state index < -0.39 is 0 Å². The smallest absolute Gasteiger partial charge is 0.0205 e. The van der Waals surface area contributed by atoms with Crippen molar-refractivity contribution in [3.05, 3.63) is 58.7 Å². The molecule has 0 radical (unpaired) electrons. The monoisotopic (exact) mass is 279 g/mol. The molecule has 0 unspecified atom stereocenters. The molecule has 1 heteroatoms. The van der Waals surface area contributed by atoms with E-state index in [0.29, 0.717) is 0 Å². The molecule has 1 nitrogen and oxygen atoms in total. The van der Waals surface area contributed by atoms with E-state index >= 15 is 0 Å². The topological polar surface area (TPSA) is 12.0 Å². The van der Waals surface area contributed by atoms with Crippen molar-refractivity contribution in [1.82, 2.24) is 5.32 Å². The van der Waals surface area contributed by atoms with E-state index in [0.717, 1.165) is 13.1 Å². The van der Waals surface area contributed by atoms with Crippen LogP contribution < -0.4 is 5.32 Å². The number of aryl methyl sites for hydroxylation is 3. The first kappa shape index (κ1) is 14.3. The molecule has 2 aromatic rings. The van der Waals surface area contributed by atoms with Gasteiger partial charge in [-0.1, -0.05) is 37.3 Å². The average molecular weight is 279 g/mol. The van der Waals surface area contributed by atoms with Gasteiger partial charge in [0.2, 0.25) is 0 Å². The highest BCUT2D eigenvalue weighted by molar-refractivity contribution is 5.69. The molecule has 0 atom stereocenters. The van der Waals surface area contributed by atoms with Gasteiger partial charge in [-0.05, 0) is 78.6 Å². The summed E-state index contributed by atoms with van der Waals surface area (Å²) in [5, 5.41) is 3.49. The Hall–Kier alpha value is -1.60. The Bertz CT molecular complexity index is 628. The quantitative estimate of drug-likeness (QED) is 0.786. The number of benzene rings is 2. The van der Waals surface area contributed by atoms with Crippen LogP contribution in [0.5, 0.6) is 0 Å². The second kappa shape index (κ2) is 6.44. The van der Waals surface area contributed by atoms with Crippen molar-refractivity contribution in [1.29, 1.82) is 0 Å². The zero-order valence-electron chi connectivity index (χ0n) is 13.2. The summed E-state index contributed by atoms with van der Waals surface area (Å²) in [6.07, 6.45) is 5.01. The standard InChI is InChI=1S/C20H25N/c1-3-11-21-14-16-8-7-15(2)20(12-16)19-10-9-17-5-4-6-18(17)13-19/h7-10,12-13,21H,3-6,11,14H2,1-2H3. The predicted octanol–water partition coefficient (Wildman–Crippen LogP) is 4.65. The molecule has 0 amide bonds. The van der Waals surface area contributed by atoms with E-state index in [1.807, 2.05) is 0 Å². The summed E-state index contributed by atoms with van der Waals surface area (Å²) < 4.78 is 0. The van der Waals surface area contributed by atoms with Crippen LogP contribution in [0.3, 0.4) is 0 Å². The van der Waals surface area contributed by atoms with E-state index in [-0.39, 0.29) is 0 Å².